The van der Waals surface area contributed by atoms with E-state index in [2.05, 4.69) is 21.4 Å². The lowest BCUT2D eigenvalue weighted by molar-refractivity contribution is 0.0859. The number of hydroxylamine groups is 1. The summed E-state index contributed by atoms with van der Waals surface area (Å²) in [7, 11) is 4.82. The molecule has 0 radical (unpaired) electrons. The van der Waals surface area contributed by atoms with Crippen LogP contribution < -0.4 is 15.0 Å². The second-order valence-electron chi connectivity index (χ2n) is 2.79. The Labute approximate surface area is 97.6 Å². The van der Waals surface area contributed by atoms with Crippen LogP contribution in [0.15, 0.2) is 16.6 Å². The fraction of sp³-hybridized carbons (Fsp3) is 0.400. The van der Waals surface area contributed by atoms with Crippen LogP contribution in [0.2, 0.25) is 0 Å². The molecular formula is C10H14BrNO3. The van der Waals surface area contributed by atoms with Crippen molar-refractivity contribution >= 4 is 15.9 Å². The highest BCUT2D eigenvalue weighted by Gasteiger charge is 2.11. The van der Waals surface area contributed by atoms with Crippen molar-refractivity contribution in [3.63, 3.8) is 0 Å². The maximum absolute atomic E-state index is 5.24. The van der Waals surface area contributed by atoms with E-state index in [0.29, 0.717) is 6.54 Å². The fourth-order valence-electron chi connectivity index (χ4n) is 1.24. The molecule has 84 valence electrons. The molecule has 0 saturated heterocycles. The van der Waals surface area contributed by atoms with Gasteiger partial charge in [-0.05, 0) is 28.1 Å². The van der Waals surface area contributed by atoms with Gasteiger partial charge in [0.2, 0.25) is 0 Å². The van der Waals surface area contributed by atoms with Crippen LogP contribution in [0.5, 0.6) is 11.5 Å². The van der Waals surface area contributed by atoms with Crippen LogP contribution in [0.1, 0.15) is 5.56 Å². The molecule has 0 saturated carbocycles. The van der Waals surface area contributed by atoms with Crippen LogP contribution in [-0.2, 0) is 11.4 Å². The zero-order chi connectivity index (χ0) is 11.3. The molecule has 0 aromatic heterocycles. The molecule has 15 heavy (non-hydrogen) atoms. The van der Waals surface area contributed by atoms with E-state index >= 15 is 0 Å². The maximum Gasteiger partial charge on any atom is 0.133 e. The van der Waals surface area contributed by atoms with E-state index in [9.17, 15) is 0 Å². The van der Waals surface area contributed by atoms with Crippen LogP contribution in [0, 0.1) is 0 Å². The SMILES string of the molecule is CONCc1c(OC)ccc(OC)c1Br. The first-order chi connectivity index (χ1) is 7.24. The van der Waals surface area contributed by atoms with E-state index in [4.69, 9.17) is 14.3 Å². The highest BCUT2D eigenvalue weighted by Crippen LogP contribution is 2.34. The summed E-state index contributed by atoms with van der Waals surface area (Å²) in [4.78, 5) is 4.81. The standard InChI is InChI=1S/C10H14BrNO3/c1-13-8-4-5-9(14-2)10(11)7(8)6-12-15-3/h4-5,12H,6H2,1-3H3. The van der Waals surface area contributed by atoms with Gasteiger partial charge in [0.15, 0.2) is 0 Å². The number of methoxy groups -OCH3 is 2. The van der Waals surface area contributed by atoms with Crippen LogP contribution >= 0.6 is 15.9 Å². The first-order valence-corrected chi connectivity index (χ1v) is 5.19. The topological polar surface area (TPSA) is 39.7 Å². The van der Waals surface area contributed by atoms with Gasteiger partial charge in [0, 0.05) is 5.56 Å². The summed E-state index contributed by atoms with van der Waals surface area (Å²) in [6.45, 7) is 0.539. The molecule has 0 amide bonds. The number of benzene rings is 1. The van der Waals surface area contributed by atoms with Crippen molar-refractivity contribution in [1.82, 2.24) is 5.48 Å². The third-order valence-corrected chi connectivity index (χ3v) is 2.87. The zero-order valence-corrected chi connectivity index (χ0v) is 10.6. The average Bonchev–Trinajstić information content (AvgIpc) is 2.27. The van der Waals surface area contributed by atoms with Gasteiger partial charge in [-0.25, -0.2) is 0 Å². The molecule has 0 spiro atoms. The van der Waals surface area contributed by atoms with Gasteiger partial charge in [-0.1, -0.05) is 0 Å². The largest absolute Gasteiger partial charge is 0.496 e. The molecule has 0 heterocycles. The van der Waals surface area contributed by atoms with Gasteiger partial charge in [0.1, 0.15) is 11.5 Å². The van der Waals surface area contributed by atoms with Crippen LogP contribution in [0.25, 0.3) is 0 Å². The van der Waals surface area contributed by atoms with Crippen molar-refractivity contribution in [3.05, 3.63) is 22.2 Å². The van der Waals surface area contributed by atoms with Crippen molar-refractivity contribution in [3.8, 4) is 11.5 Å². The molecule has 0 aliphatic carbocycles. The molecular weight excluding hydrogens is 262 g/mol. The number of rotatable bonds is 5. The van der Waals surface area contributed by atoms with Crippen LogP contribution in [0.3, 0.4) is 0 Å². The Bertz CT molecular complexity index is 331. The normalized spacial score (nSPS) is 10.1. The van der Waals surface area contributed by atoms with Crippen molar-refractivity contribution in [2.45, 2.75) is 6.54 Å². The molecule has 0 atom stereocenters. The van der Waals surface area contributed by atoms with E-state index in [-0.39, 0.29) is 0 Å². The molecule has 1 aromatic rings. The predicted molar refractivity (Wildman–Crippen MR) is 61.1 cm³/mol. The van der Waals surface area contributed by atoms with Gasteiger partial charge in [0.05, 0.1) is 32.3 Å². The number of halogens is 1. The molecule has 0 bridgehead atoms. The van der Waals surface area contributed by atoms with Gasteiger partial charge in [-0.15, -0.1) is 0 Å². The van der Waals surface area contributed by atoms with E-state index < -0.39 is 0 Å². The van der Waals surface area contributed by atoms with Gasteiger partial charge < -0.3 is 14.3 Å². The summed E-state index contributed by atoms with van der Waals surface area (Å²) >= 11 is 3.46. The summed E-state index contributed by atoms with van der Waals surface area (Å²) in [5.41, 5.74) is 3.72. The molecule has 1 N–H and O–H groups in total. The summed E-state index contributed by atoms with van der Waals surface area (Å²) in [5, 5.41) is 0. The summed E-state index contributed by atoms with van der Waals surface area (Å²) in [6, 6.07) is 3.70. The molecule has 0 fully saturated rings. The summed E-state index contributed by atoms with van der Waals surface area (Å²) < 4.78 is 11.3. The van der Waals surface area contributed by atoms with Crippen LogP contribution in [0.4, 0.5) is 0 Å². The Balaban J connectivity index is 3.05. The third-order valence-electron chi connectivity index (χ3n) is 2.00. The first-order valence-electron chi connectivity index (χ1n) is 4.39. The number of hydrogen-bond donors (Lipinski definition) is 1. The fourth-order valence-corrected chi connectivity index (χ4v) is 1.87. The van der Waals surface area contributed by atoms with Gasteiger partial charge >= 0.3 is 0 Å². The summed E-state index contributed by atoms with van der Waals surface area (Å²) in [5.74, 6) is 1.55. The lowest BCUT2D eigenvalue weighted by Gasteiger charge is -2.13. The van der Waals surface area contributed by atoms with Crippen molar-refractivity contribution in [2.24, 2.45) is 0 Å². The third kappa shape index (κ3) is 2.84. The Morgan fingerprint density at radius 3 is 2.27 bits per heavy atom. The Morgan fingerprint density at radius 2 is 1.73 bits per heavy atom. The van der Waals surface area contributed by atoms with Gasteiger partial charge in [-0.3, -0.25) is 0 Å². The Kier molecular flexibility index (Phi) is 4.87. The van der Waals surface area contributed by atoms with E-state index in [1.807, 2.05) is 12.1 Å². The first kappa shape index (κ1) is 12.3. The predicted octanol–water partition coefficient (Wildman–Crippen LogP) is 2.12. The van der Waals surface area contributed by atoms with Crippen molar-refractivity contribution < 1.29 is 14.3 Å². The highest BCUT2D eigenvalue weighted by molar-refractivity contribution is 9.10. The lowest BCUT2D eigenvalue weighted by Crippen LogP contribution is -2.12. The minimum Gasteiger partial charge on any atom is -0.496 e. The zero-order valence-electron chi connectivity index (χ0n) is 8.96. The monoisotopic (exact) mass is 275 g/mol. The average molecular weight is 276 g/mol. The molecule has 4 nitrogen and oxygen atoms in total. The van der Waals surface area contributed by atoms with Gasteiger partial charge in [0.25, 0.3) is 0 Å². The van der Waals surface area contributed by atoms with Gasteiger partial charge in [-0.2, -0.15) is 5.48 Å². The smallest absolute Gasteiger partial charge is 0.133 e. The molecule has 0 unspecified atom stereocenters. The molecule has 5 heteroatoms. The Morgan fingerprint density at radius 1 is 1.13 bits per heavy atom. The lowest BCUT2D eigenvalue weighted by atomic mass is 10.2. The van der Waals surface area contributed by atoms with E-state index in [1.165, 1.54) is 0 Å². The molecule has 0 aliphatic heterocycles. The molecule has 1 rings (SSSR count). The van der Waals surface area contributed by atoms with Crippen molar-refractivity contribution in [2.75, 3.05) is 21.3 Å². The van der Waals surface area contributed by atoms with Crippen LogP contribution in [-0.4, -0.2) is 21.3 Å². The second kappa shape index (κ2) is 5.95. The second-order valence-corrected chi connectivity index (χ2v) is 3.58. The molecule has 1 aromatic carbocycles. The quantitative estimate of drug-likeness (QED) is 0.836. The maximum atomic E-state index is 5.24. The van der Waals surface area contributed by atoms with Crippen molar-refractivity contribution in [1.29, 1.82) is 0 Å². The number of ether oxygens (including phenoxy) is 2. The summed E-state index contributed by atoms with van der Waals surface area (Å²) in [6.07, 6.45) is 0. The number of hydrogen-bond acceptors (Lipinski definition) is 4. The minimum atomic E-state index is 0.539. The van der Waals surface area contributed by atoms with E-state index in [0.717, 1.165) is 21.5 Å². The molecule has 0 aliphatic rings. The van der Waals surface area contributed by atoms with E-state index in [1.54, 1.807) is 21.3 Å². The Hall–Kier alpha value is -0.780. The minimum absolute atomic E-state index is 0.539. The highest BCUT2D eigenvalue weighted by atomic mass is 79.9. The number of nitrogens with one attached hydrogen (secondary N) is 1.